The Bertz CT molecular complexity index is 1740. The van der Waals surface area contributed by atoms with Crippen LogP contribution >= 0.6 is 27.3 Å². The number of carbonyl (C=O) groups excluding carboxylic acids is 1. The van der Waals surface area contributed by atoms with E-state index in [0.29, 0.717) is 16.9 Å². The summed E-state index contributed by atoms with van der Waals surface area (Å²) in [5.74, 6) is 0.320. The lowest BCUT2D eigenvalue weighted by Gasteiger charge is -2.10. The topological polar surface area (TPSA) is 99.4 Å². The van der Waals surface area contributed by atoms with Gasteiger partial charge in [0.15, 0.2) is 5.13 Å². The first kappa shape index (κ1) is 27.8. The second kappa shape index (κ2) is 13.0. The quantitative estimate of drug-likeness (QED) is 0.129. The fourth-order valence-corrected chi connectivity index (χ4v) is 5.12. The lowest BCUT2D eigenvalue weighted by Crippen LogP contribution is -2.17. The van der Waals surface area contributed by atoms with Crippen LogP contribution in [0.15, 0.2) is 106 Å². The Morgan fingerprint density at radius 1 is 1.07 bits per heavy atom. The molecular formula is C32H24BrN5O2S. The van der Waals surface area contributed by atoms with E-state index in [-0.39, 0.29) is 12.5 Å². The molecular weight excluding hydrogens is 598 g/mol. The van der Waals surface area contributed by atoms with Crippen molar-refractivity contribution in [2.24, 2.45) is 5.10 Å². The van der Waals surface area contributed by atoms with Crippen LogP contribution < -0.4 is 15.5 Å². The lowest BCUT2D eigenvalue weighted by molar-refractivity contribution is 0.0955. The first-order chi connectivity index (χ1) is 20.0. The molecule has 0 saturated heterocycles. The molecule has 1 heterocycles. The maximum absolute atomic E-state index is 12.6. The van der Waals surface area contributed by atoms with E-state index in [1.54, 1.807) is 30.5 Å². The van der Waals surface area contributed by atoms with Crippen LogP contribution in [-0.4, -0.2) is 17.1 Å². The zero-order valence-corrected chi connectivity index (χ0v) is 24.4. The van der Waals surface area contributed by atoms with Crippen LogP contribution in [0.2, 0.25) is 0 Å². The van der Waals surface area contributed by atoms with Gasteiger partial charge in [0.25, 0.3) is 5.91 Å². The third-order valence-corrected chi connectivity index (χ3v) is 7.48. The number of ether oxygens (including phenoxy) is 1. The highest BCUT2D eigenvalue weighted by molar-refractivity contribution is 9.10. The Kier molecular flexibility index (Phi) is 8.84. The predicted octanol–water partition coefficient (Wildman–Crippen LogP) is 7.84. The van der Waals surface area contributed by atoms with Crippen molar-refractivity contribution in [3.05, 3.63) is 129 Å². The van der Waals surface area contributed by atoms with Gasteiger partial charge in [0, 0.05) is 27.8 Å². The maximum atomic E-state index is 12.6. The summed E-state index contributed by atoms with van der Waals surface area (Å²) in [7, 11) is 0. The zero-order valence-electron chi connectivity index (χ0n) is 22.0. The molecule has 41 heavy (non-hydrogen) atoms. The predicted molar refractivity (Wildman–Crippen MR) is 167 cm³/mol. The molecule has 0 spiro atoms. The molecule has 0 atom stereocenters. The number of hydrogen-bond acceptors (Lipinski definition) is 7. The van der Waals surface area contributed by atoms with E-state index in [4.69, 9.17) is 4.74 Å². The van der Waals surface area contributed by atoms with Crippen LogP contribution in [0.25, 0.3) is 11.3 Å². The van der Waals surface area contributed by atoms with Crippen LogP contribution in [0.4, 0.5) is 10.8 Å². The molecule has 1 aromatic heterocycles. The van der Waals surface area contributed by atoms with Gasteiger partial charge in [-0.3, -0.25) is 4.79 Å². The van der Waals surface area contributed by atoms with Crippen LogP contribution in [0.1, 0.15) is 32.6 Å². The molecule has 1 amide bonds. The molecule has 0 aliphatic rings. The monoisotopic (exact) mass is 621 g/mol. The van der Waals surface area contributed by atoms with Crippen LogP contribution in [0.3, 0.4) is 0 Å². The number of benzene rings is 4. The molecule has 9 heteroatoms. The fraction of sp³-hybridized carbons (Fsp3) is 0.0625. The summed E-state index contributed by atoms with van der Waals surface area (Å²) >= 11 is 5.04. The van der Waals surface area contributed by atoms with Gasteiger partial charge < -0.3 is 10.1 Å². The van der Waals surface area contributed by atoms with Gasteiger partial charge in [-0.05, 0) is 76.9 Å². The van der Waals surface area contributed by atoms with Crippen molar-refractivity contribution in [3.8, 4) is 23.1 Å². The van der Waals surface area contributed by atoms with Gasteiger partial charge in [-0.1, -0.05) is 48.0 Å². The number of rotatable bonds is 9. The number of aryl methyl sites for hydroxylation is 1. The van der Waals surface area contributed by atoms with Gasteiger partial charge >= 0.3 is 0 Å². The summed E-state index contributed by atoms with van der Waals surface area (Å²) in [5.41, 5.74) is 9.17. The minimum atomic E-state index is -0.317. The average molecular weight is 623 g/mol. The van der Waals surface area contributed by atoms with Gasteiger partial charge in [-0.25, -0.2) is 10.4 Å². The Balaban J connectivity index is 1.15. The Morgan fingerprint density at radius 2 is 1.85 bits per heavy atom. The average Bonchev–Trinajstić information content (AvgIpc) is 3.46. The molecule has 202 valence electrons. The van der Waals surface area contributed by atoms with Crippen LogP contribution in [0, 0.1) is 18.3 Å². The normalized spacial score (nSPS) is 10.8. The Labute approximate surface area is 250 Å². The molecule has 0 radical (unpaired) electrons. The van der Waals surface area contributed by atoms with E-state index >= 15 is 0 Å². The standard InChI is InChI=1S/C32H24BrN5O2S/c1-21-6-13-27(14-7-21)36-32-37-29(20-41-32)23-9-11-24(12-10-23)31(39)38-35-18-22-8-15-30(28(33)16-22)40-19-26-5-3-2-4-25(26)17-34/h2-16,18,20H,19H2,1H3,(H,36,37)(H,38,39)/b35-18-. The summed E-state index contributed by atoms with van der Waals surface area (Å²) in [6.45, 7) is 2.33. The summed E-state index contributed by atoms with van der Waals surface area (Å²) in [6, 6.07) is 30.4. The number of aromatic nitrogens is 1. The smallest absolute Gasteiger partial charge is 0.271 e. The molecule has 0 unspecified atom stereocenters. The summed E-state index contributed by atoms with van der Waals surface area (Å²) < 4.78 is 6.61. The highest BCUT2D eigenvalue weighted by atomic mass is 79.9. The van der Waals surface area contributed by atoms with Crippen molar-refractivity contribution in [2.75, 3.05) is 5.32 Å². The number of nitrogens with one attached hydrogen (secondary N) is 2. The Morgan fingerprint density at radius 3 is 2.61 bits per heavy atom. The lowest BCUT2D eigenvalue weighted by atomic mass is 10.1. The number of anilines is 2. The number of nitrogens with zero attached hydrogens (tertiary/aromatic N) is 3. The molecule has 7 nitrogen and oxygen atoms in total. The fourth-order valence-electron chi connectivity index (χ4n) is 3.87. The number of thiazole rings is 1. The number of nitriles is 1. The molecule has 5 aromatic rings. The number of hydrogen-bond donors (Lipinski definition) is 2. The molecule has 0 aliphatic carbocycles. The number of carbonyl (C=O) groups is 1. The highest BCUT2D eigenvalue weighted by Gasteiger charge is 2.09. The number of halogens is 1. The van der Waals surface area contributed by atoms with Crippen molar-refractivity contribution in [3.63, 3.8) is 0 Å². The third-order valence-electron chi connectivity index (χ3n) is 6.11. The molecule has 4 aromatic carbocycles. The van der Waals surface area contributed by atoms with Gasteiger partial charge in [-0.2, -0.15) is 10.4 Å². The van der Waals surface area contributed by atoms with Crippen molar-refractivity contribution in [1.82, 2.24) is 10.4 Å². The second-order valence-corrected chi connectivity index (χ2v) is 10.8. The molecule has 0 aliphatic heterocycles. The number of hydrazone groups is 1. The molecule has 0 bridgehead atoms. The summed E-state index contributed by atoms with van der Waals surface area (Å²) in [6.07, 6.45) is 1.56. The largest absolute Gasteiger partial charge is 0.488 e. The van der Waals surface area contributed by atoms with Gasteiger partial charge in [0.2, 0.25) is 0 Å². The molecule has 0 saturated carbocycles. The van der Waals surface area contributed by atoms with E-state index in [0.717, 1.165) is 37.7 Å². The van der Waals surface area contributed by atoms with E-state index in [2.05, 4.69) is 61.9 Å². The number of amides is 1. The van der Waals surface area contributed by atoms with Gasteiger partial charge in [0.1, 0.15) is 12.4 Å². The first-order valence-electron chi connectivity index (χ1n) is 12.6. The van der Waals surface area contributed by atoms with Crippen LogP contribution in [0.5, 0.6) is 5.75 Å². The third kappa shape index (κ3) is 7.25. The van der Waals surface area contributed by atoms with E-state index < -0.39 is 0 Å². The summed E-state index contributed by atoms with van der Waals surface area (Å²) in [4.78, 5) is 17.3. The molecule has 2 N–H and O–H groups in total. The van der Waals surface area contributed by atoms with E-state index in [1.807, 2.05) is 60.0 Å². The zero-order chi connectivity index (χ0) is 28.6. The van der Waals surface area contributed by atoms with Crippen molar-refractivity contribution < 1.29 is 9.53 Å². The SMILES string of the molecule is Cc1ccc(Nc2nc(-c3ccc(C(=O)N/N=C\c4ccc(OCc5ccccc5C#N)c(Br)c4)cc3)cs2)cc1. The van der Waals surface area contributed by atoms with E-state index in [9.17, 15) is 10.1 Å². The summed E-state index contributed by atoms with van der Waals surface area (Å²) in [5, 5.41) is 19.4. The van der Waals surface area contributed by atoms with Crippen molar-refractivity contribution in [1.29, 1.82) is 5.26 Å². The van der Waals surface area contributed by atoms with Crippen molar-refractivity contribution >= 4 is 50.2 Å². The van der Waals surface area contributed by atoms with Crippen LogP contribution in [-0.2, 0) is 6.61 Å². The minimum absolute atomic E-state index is 0.276. The van der Waals surface area contributed by atoms with Gasteiger partial charge in [0.05, 0.1) is 28.0 Å². The maximum Gasteiger partial charge on any atom is 0.271 e. The van der Waals surface area contributed by atoms with Gasteiger partial charge in [-0.15, -0.1) is 11.3 Å². The first-order valence-corrected chi connectivity index (χ1v) is 14.3. The second-order valence-electron chi connectivity index (χ2n) is 9.05. The molecule has 0 fully saturated rings. The minimum Gasteiger partial charge on any atom is -0.488 e. The molecule has 5 rings (SSSR count). The van der Waals surface area contributed by atoms with Crippen molar-refractivity contribution in [2.45, 2.75) is 13.5 Å². The Hall–Kier alpha value is -4.78. The van der Waals surface area contributed by atoms with E-state index in [1.165, 1.54) is 16.9 Å². The highest BCUT2D eigenvalue weighted by Crippen LogP contribution is 2.28.